The van der Waals surface area contributed by atoms with Gasteiger partial charge in [0.15, 0.2) is 0 Å². The van der Waals surface area contributed by atoms with Crippen LogP contribution in [0, 0.1) is 10.1 Å². The molecule has 1 N–H and O–H groups in total. The fourth-order valence-corrected chi connectivity index (χ4v) is 3.09. The first kappa shape index (κ1) is 16.6. The van der Waals surface area contributed by atoms with E-state index in [1.165, 1.54) is 13.2 Å². The predicted octanol–water partition coefficient (Wildman–Crippen LogP) is 2.29. The van der Waals surface area contributed by atoms with Gasteiger partial charge in [0.25, 0.3) is 0 Å². The van der Waals surface area contributed by atoms with E-state index in [0.717, 1.165) is 25.1 Å². The Morgan fingerprint density at radius 1 is 1.38 bits per heavy atom. The number of nitro benzene ring substituents is 1. The molecule has 0 aliphatic rings. The van der Waals surface area contributed by atoms with Crippen molar-refractivity contribution in [3.8, 4) is 11.5 Å². The van der Waals surface area contributed by atoms with Crippen molar-refractivity contribution < 1.29 is 14.4 Å². The van der Waals surface area contributed by atoms with Gasteiger partial charge in [-0.3, -0.25) is 0 Å². The molecule has 21 heavy (non-hydrogen) atoms. The molecule has 0 bridgehead atoms. The number of hydrogen-bond acceptors (Lipinski definition) is 6. The number of nitrogens with one attached hydrogen (secondary N) is 1. The summed E-state index contributed by atoms with van der Waals surface area (Å²) in [5.74, 6) is 1.84. The van der Waals surface area contributed by atoms with Gasteiger partial charge >= 0.3 is 111 Å². The van der Waals surface area contributed by atoms with Crippen LogP contribution in [0.2, 0.25) is 0 Å². The van der Waals surface area contributed by atoms with Gasteiger partial charge in [-0.25, -0.2) is 0 Å². The van der Waals surface area contributed by atoms with E-state index < -0.39 is 0 Å². The van der Waals surface area contributed by atoms with Crippen LogP contribution in [0.5, 0.6) is 11.5 Å². The first-order valence-corrected chi connectivity index (χ1v) is 11.9. The zero-order chi connectivity index (χ0) is 15.7. The van der Waals surface area contributed by atoms with Crippen LogP contribution >= 0.6 is 12.6 Å². The van der Waals surface area contributed by atoms with Gasteiger partial charge in [0.05, 0.1) is 0 Å². The molecule has 0 radical (unpaired) electrons. The summed E-state index contributed by atoms with van der Waals surface area (Å²) < 4.78 is 11.1. The van der Waals surface area contributed by atoms with Gasteiger partial charge in [-0.2, -0.15) is 12.6 Å². The molecule has 0 aromatic heterocycles. The number of benzene rings is 1. The molecule has 0 amide bonds. The summed E-state index contributed by atoms with van der Waals surface area (Å²) in [6.07, 6.45) is 2.02. The van der Waals surface area contributed by atoms with E-state index >= 15 is 0 Å². The van der Waals surface area contributed by atoms with Gasteiger partial charge in [-0.15, -0.1) is 0 Å². The Labute approximate surface area is 124 Å². The molecule has 0 heterocycles. The predicted molar refractivity (Wildman–Crippen MR) is 79.9 cm³/mol. The molecule has 1 rings (SSSR count). The second-order valence-corrected chi connectivity index (χ2v) is 6.64. The van der Waals surface area contributed by atoms with Gasteiger partial charge in [0.2, 0.25) is 0 Å². The van der Waals surface area contributed by atoms with Crippen molar-refractivity contribution in [3.63, 3.8) is 0 Å². The first-order chi connectivity index (χ1) is 10.1. The Hall–Kier alpha value is -2.47. The van der Waals surface area contributed by atoms with Crippen molar-refractivity contribution in [2.75, 3.05) is 26.5 Å². The molecule has 1 aromatic rings. The Morgan fingerprint density at radius 3 is 2.71 bits per heavy atom. The van der Waals surface area contributed by atoms with Gasteiger partial charge in [0.1, 0.15) is 0 Å². The van der Waals surface area contributed by atoms with Crippen molar-refractivity contribution in [1.82, 2.24) is 5.32 Å². The van der Waals surface area contributed by atoms with E-state index in [1.54, 1.807) is 6.07 Å². The zero-order valence-electron chi connectivity index (χ0n) is 12.1. The molecule has 0 aliphatic heterocycles. The minimum absolute atomic E-state index is 0.0658. The summed E-state index contributed by atoms with van der Waals surface area (Å²) in [5.41, 5.74) is 0.672. The van der Waals surface area contributed by atoms with Gasteiger partial charge in [-0.05, 0) is 0 Å². The van der Waals surface area contributed by atoms with Crippen LogP contribution in [-0.4, -0.2) is 31.4 Å². The number of nitro groups is 1. The minimum atomic E-state index is -0.379. The van der Waals surface area contributed by atoms with E-state index in [9.17, 15) is 10.1 Å². The van der Waals surface area contributed by atoms with Crippen molar-refractivity contribution in [2.24, 2.45) is 0 Å². The van der Waals surface area contributed by atoms with Crippen LogP contribution in [0.1, 0.15) is 18.4 Å². The van der Waals surface area contributed by atoms with Crippen molar-refractivity contribution in [1.29, 1.82) is 0 Å². The molecular weight excluding hydrogens is 547 g/mol. The summed E-state index contributed by atoms with van der Waals surface area (Å²) >= 11 is 4.15. The number of hydrogen-bond donors (Lipinski definition) is 2. The molecule has 0 aliphatic carbocycles. The van der Waals surface area contributed by atoms with E-state index in [0.29, 0.717) is 30.7 Å². The molecule has 0 saturated carbocycles. The topological polar surface area (TPSA) is 73.6 Å². The summed E-state index contributed by atoms with van der Waals surface area (Å²) in [6, 6.07) is 3.14. The maximum atomic E-state index is 11.2. The van der Waals surface area contributed by atoms with E-state index in [4.69, 9.17) is 9.47 Å². The fourth-order valence-electron chi connectivity index (χ4n) is 1.87. The van der Waals surface area contributed by atoms with Crippen molar-refractivity contribution in [2.45, 2.75) is 19.4 Å². The second kappa shape index (κ2) is 8.65. The molecule has 1 aromatic carbocycles. The van der Waals surface area contributed by atoms with Gasteiger partial charge in [0, 0.05) is 0 Å². The van der Waals surface area contributed by atoms with Crippen LogP contribution in [0.3, 0.4) is 0 Å². The maximum absolute atomic E-state index is 11.2. The summed E-state index contributed by atoms with van der Waals surface area (Å²) in [4.78, 5) is 10.8. The number of ether oxygens (including phenoxy) is 2. The van der Waals surface area contributed by atoms with Gasteiger partial charge < -0.3 is 0 Å². The zero-order valence-corrected chi connectivity index (χ0v) is 19.4. The average molecular weight is 566 g/mol. The van der Waals surface area contributed by atoms with Gasteiger partial charge in [-0.1, -0.05) is 0 Å². The van der Waals surface area contributed by atoms with Crippen LogP contribution in [0.15, 0.2) is 12.1 Å². The standard InChI is InChI=1S/C13H19N2O4S.Rf/c1-18-12-7-10(9-14-5-3-4-6-20)11(15(16)17)8-13(12)19-2;/h7-8,14,20H,2-6,9H2,1H3;. The Bertz CT molecular complexity index is 474. The van der Waals surface area contributed by atoms with E-state index in [-0.39, 0.29) is 10.6 Å². The molecular formula is C13H19N2O4RfS. The fraction of sp³-hybridized carbons (Fsp3) is 0.538. The average Bonchev–Trinajstić information content (AvgIpc) is 2.47. The summed E-state index contributed by atoms with van der Waals surface area (Å²) in [5, 5.41) is 14.4. The van der Waals surface area contributed by atoms with Crippen LogP contribution in [0.25, 0.3) is 0 Å². The molecule has 6 nitrogen and oxygen atoms in total. The third kappa shape index (κ3) is 4.85. The summed E-state index contributed by atoms with van der Waals surface area (Å²) in [6.45, 7) is 1.24. The van der Waals surface area contributed by atoms with E-state index in [2.05, 4.69) is 17.9 Å². The Kier molecular flexibility index (Phi) is 6.83. The molecule has 0 atom stereocenters. The molecule has 0 spiro atoms. The first-order valence-electron chi connectivity index (χ1n) is 6.73. The van der Waals surface area contributed by atoms with Crippen LogP contribution in [-0.2, 0) is 6.54 Å². The Morgan fingerprint density at radius 2 is 2.14 bits per heavy atom. The second-order valence-electron chi connectivity index (χ2n) is 4.34. The van der Waals surface area contributed by atoms with Crippen LogP contribution < -0.4 is 14.8 Å². The number of unbranched alkanes of at least 4 members (excludes halogenated alkanes) is 1. The third-order valence-corrected chi connectivity index (χ3v) is 4.14. The summed E-state index contributed by atoms with van der Waals surface area (Å²) in [7, 11) is 2.17. The quantitative estimate of drug-likeness (QED) is 0.197. The Balaban J connectivity index is 2.87. The van der Waals surface area contributed by atoms with Crippen molar-refractivity contribution in [3.05, 3.63) is 27.8 Å². The normalized spacial score (nSPS) is 10.5. The van der Waals surface area contributed by atoms with Crippen molar-refractivity contribution >= 4 is 18.3 Å². The molecule has 113 valence electrons. The number of methoxy groups -OCH3 is 1. The number of thiol groups is 1. The monoisotopic (exact) mass is 566 g/mol. The number of rotatable bonds is 10. The SMILES string of the molecule is COc1cc(CNCCCCS)c([N+](=O)[O-])cc1O[CH2][Rf]. The third-order valence-electron chi connectivity index (χ3n) is 2.90. The number of nitrogens with zero attached hydrogens (tertiary/aromatic N) is 1. The molecule has 0 unspecified atom stereocenters. The van der Waals surface area contributed by atoms with Crippen LogP contribution in [0.4, 0.5) is 5.69 Å². The molecule has 0 saturated heterocycles. The molecule has 8 heteroatoms. The molecule has 0 fully saturated rings. The van der Waals surface area contributed by atoms with E-state index in [1.807, 2.05) is 0 Å².